The van der Waals surface area contributed by atoms with E-state index in [1.54, 1.807) is 32.0 Å². The molecular weight excluding hydrogens is 557 g/mol. The average molecular weight is 596 g/mol. The number of aromatic nitrogens is 2. The molecule has 0 spiro atoms. The highest BCUT2D eigenvalue weighted by Gasteiger charge is 2.21. The number of hydrogen-bond donors (Lipinski definition) is 1. The van der Waals surface area contributed by atoms with Gasteiger partial charge in [-0.2, -0.15) is 0 Å². The van der Waals surface area contributed by atoms with Gasteiger partial charge >= 0.3 is 0 Å². The van der Waals surface area contributed by atoms with Crippen LogP contribution in [0.1, 0.15) is 96.3 Å². The van der Waals surface area contributed by atoms with Gasteiger partial charge in [-0.3, -0.25) is 23.7 Å². The summed E-state index contributed by atoms with van der Waals surface area (Å²) < 4.78 is 15.1. The molecule has 1 N–H and O–H groups in total. The summed E-state index contributed by atoms with van der Waals surface area (Å²) in [6.45, 7) is 11.4. The summed E-state index contributed by atoms with van der Waals surface area (Å²) in [5, 5.41) is 2.68. The third-order valence-electron chi connectivity index (χ3n) is 7.98. The third-order valence-corrected chi connectivity index (χ3v) is 7.98. The maximum Gasteiger partial charge on any atom is 0.294 e. The lowest BCUT2D eigenvalue weighted by Gasteiger charge is -2.19. The van der Waals surface area contributed by atoms with Crippen molar-refractivity contribution in [3.63, 3.8) is 0 Å². The van der Waals surface area contributed by atoms with Crippen LogP contribution in [0.2, 0.25) is 0 Å². The molecule has 0 saturated heterocycles. The summed E-state index contributed by atoms with van der Waals surface area (Å²) in [6, 6.07) is 16.3. The first-order chi connectivity index (χ1) is 20.9. The Hall–Kier alpha value is -4.72. The topological polar surface area (TPSA) is 98.1 Å². The summed E-state index contributed by atoms with van der Waals surface area (Å²) in [6.07, 6.45) is 2.47. The Morgan fingerprint density at radius 3 is 2.30 bits per heavy atom. The fourth-order valence-electron chi connectivity index (χ4n) is 5.00. The molecular formula is C36H38FN3O4. The molecule has 8 heteroatoms. The molecule has 7 nitrogen and oxygen atoms in total. The maximum atomic E-state index is 14.0. The molecule has 0 aliphatic heterocycles. The van der Waals surface area contributed by atoms with Crippen molar-refractivity contribution >= 4 is 23.3 Å². The molecule has 228 valence electrons. The van der Waals surface area contributed by atoms with Crippen molar-refractivity contribution in [2.75, 3.05) is 5.32 Å². The molecule has 3 aromatic carbocycles. The van der Waals surface area contributed by atoms with E-state index in [9.17, 15) is 23.6 Å². The largest absolute Gasteiger partial charge is 0.306 e. The summed E-state index contributed by atoms with van der Waals surface area (Å²) in [7, 11) is 0. The lowest BCUT2D eigenvalue weighted by atomic mass is 9.93. The summed E-state index contributed by atoms with van der Waals surface area (Å²) >= 11 is 0. The van der Waals surface area contributed by atoms with Crippen molar-refractivity contribution in [1.29, 1.82) is 0 Å². The highest BCUT2D eigenvalue weighted by atomic mass is 19.1. The van der Waals surface area contributed by atoms with Crippen molar-refractivity contribution in [2.45, 2.75) is 66.8 Å². The van der Waals surface area contributed by atoms with E-state index in [0.717, 1.165) is 5.56 Å². The van der Waals surface area contributed by atoms with E-state index in [2.05, 4.69) is 10.3 Å². The van der Waals surface area contributed by atoms with Crippen molar-refractivity contribution in [1.82, 2.24) is 9.55 Å². The Bertz CT molecular complexity index is 1770. The number of Topliss-reactive ketones (excluding diaryl/α,β-unsaturated/α-hetero) is 1. The average Bonchev–Trinajstić information content (AvgIpc) is 3.02. The summed E-state index contributed by atoms with van der Waals surface area (Å²) in [5.41, 5.74) is 4.26. The monoisotopic (exact) mass is 595 g/mol. The number of nitrogens with zero attached hydrogens (tertiary/aromatic N) is 2. The molecule has 44 heavy (non-hydrogen) atoms. The third kappa shape index (κ3) is 6.91. The first-order valence-electron chi connectivity index (χ1n) is 14.9. The number of amides is 1. The number of carbonyl (C=O) groups is 3. The van der Waals surface area contributed by atoms with Crippen LogP contribution in [0.25, 0.3) is 11.3 Å². The van der Waals surface area contributed by atoms with E-state index < -0.39 is 11.4 Å². The smallest absolute Gasteiger partial charge is 0.294 e. The zero-order valence-electron chi connectivity index (χ0n) is 26.0. The minimum absolute atomic E-state index is 0.0165. The number of carbonyl (C=O) groups excluding carboxylic acids is 3. The van der Waals surface area contributed by atoms with E-state index >= 15 is 0 Å². The van der Waals surface area contributed by atoms with E-state index in [4.69, 9.17) is 0 Å². The molecule has 0 radical (unpaired) electrons. The minimum atomic E-state index is -0.507. The van der Waals surface area contributed by atoms with Crippen molar-refractivity contribution < 1.29 is 18.8 Å². The van der Waals surface area contributed by atoms with Gasteiger partial charge in [0.2, 0.25) is 5.91 Å². The van der Waals surface area contributed by atoms with Crippen LogP contribution < -0.4 is 10.9 Å². The molecule has 1 aromatic heterocycles. The van der Waals surface area contributed by atoms with Crippen LogP contribution in [0.4, 0.5) is 10.2 Å². The predicted molar refractivity (Wildman–Crippen MR) is 171 cm³/mol. The number of benzene rings is 3. The Kier molecular flexibility index (Phi) is 10.0. The lowest BCUT2D eigenvalue weighted by molar-refractivity contribution is -0.119. The Morgan fingerprint density at radius 1 is 0.955 bits per heavy atom. The van der Waals surface area contributed by atoms with Gasteiger partial charge in [-0.15, -0.1) is 0 Å². The molecule has 1 heterocycles. The van der Waals surface area contributed by atoms with Crippen LogP contribution in [0.5, 0.6) is 0 Å². The number of anilines is 1. The Morgan fingerprint density at radius 2 is 1.66 bits per heavy atom. The van der Waals surface area contributed by atoms with E-state index in [-0.39, 0.29) is 41.7 Å². The van der Waals surface area contributed by atoms with Gasteiger partial charge in [-0.25, -0.2) is 9.37 Å². The minimum Gasteiger partial charge on any atom is -0.306 e. The first kappa shape index (κ1) is 32.2. The molecule has 1 amide bonds. The zero-order valence-corrected chi connectivity index (χ0v) is 26.0. The molecule has 0 aliphatic rings. The highest BCUT2D eigenvalue weighted by molar-refractivity contribution is 6.09. The first-order valence-corrected chi connectivity index (χ1v) is 14.9. The Balaban J connectivity index is 1.90. The van der Waals surface area contributed by atoms with Gasteiger partial charge in [0, 0.05) is 34.6 Å². The van der Waals surface area contributed by atoms with E-state index in [1.165, 1.54) is 35.0 Å². The SMILES string of the molecule is CCC(=O)c1cccc(-c2cnc(NC(=O)[C@H](C)CC)c(=O)n2Cc2cc(C(=O)c3ccc(F)cc3)cc(C(C)C)c2)c1C. The second-order valence-electron chi connectivity index (χ2n) is 11.4. The maximum absolute atomic E-state index is 14.0. The fraction of sp³-hybridized carbons (Fsp3) is 0.306. The molecule has 0 bridgehead atoms. The van der Waals surface area contributed by atoms with E-state index in [1.807, 2.05) is 45.9 Å². The van der Waals surface area contributed by atoms with E-state index in [0.29, 0.717) is 51.9 Å². The molecule has 0 saturated carbocycles. The normalized spacial score (nSPS) is 11.8. The van der Waals surface area contributed by atoms with Gasteiger partial charge in [0.15, 0.2) is 17.4 Å². The van der Waals surface area contributed by atoms with Gasteiger partial charge in [0.25, 0.3) is 5.56 Å². The molecule has 1 atom stereocenters. The number of ketones is 2. The van der Waals surface area contributed by atoms with Crippen molar-refractivity contribution in [3.8, 4) is 11.3 Å². The van der Waals surface area contributed by atoms with Gasteiger partial charge in [0.1, 0.15) is 5.82 Å². The fourth-order valence-corrected chi connectivity index (χ4v) is 5.00. The van der Waals surface area contributed by atoms with Crippen molar-refractivity contribution in [3.05, 3.63) is 116 Å². The highest BCUT2D eigenvalue weighted by Crippen LogP contribution is 2.28. The molecule has 0 fully saturated rings. The number of rotatable bonds is 11. The molecule has 4 rings (SSSR count). The second kappa shape index (κ2) is 13.7. The molecule has 0 unspecified atom stereocenters. The number of hydrogen-bond acceptors (Lipinski definition) is 5. The number of halogens is 1. The predicted octanol–water partition coefficient (Wildman–Crippen LogP) is 7.34. The van der Waals surface area contributed by atoms with Gasteiger partial charge in [0.05, 0.1) is 18.4 Å². The van der Waals surface area contributed by atoms with Crippen LogP contribution in [0, 0.1) is 18.7 Å². The van der Waals surface area contributed by atoms with Gasteiger partial charge in [-0.05, 0) is 72.4 Å². The van der Waals surface area contributed by atoms with Crippen LogP contribution in [0.3, 0.4) is 0 Å². The van der Waals surface area contributed by atoms with Crippen LogP contribution in [0.15, 0.2) is 71.7 Å². The Labute approximate surface area is 257 Å². The van der Waals surface area contributed by atoms with Gasteiger partial charge < -0.3 is 5.32 Å². The number of nitrogens with one attached hydrogen (secondary N) is 1. The van der Waals surface area contributed by atoms with Crippen LogP contribution in [-0.4, -0.2) is 27.0 Å². The molecule has 0 aliphatic carbocycles. The zero-order chi connectivity index (χ0) is 32.1. The lowest BCUT2D eigenvalue weighted by Crippen LogP contribution is -2.31. The van der Waals surface area contributed by atoms with Crippen LogP contribution in [-0.2, 0) is 11.3 Å². The molecule has 4 aromatic rings. The van der Waals surface area contributed by atoms with Crippen molar-refractivity contribution in [2.24, 2.45) is 5.92 Å². The second-order valence-corrected chi connectivity index (χ2v) is 11.4. The summed E-state index contributed by atoms with van der Waals surface area (Å²) in [4.78, 5) is 57.2. The summed E-state index contributed by atoms with van der Waals surface area (Å²) in [5.74, 6) is -1.36. The quantitative estimate of drug-likeness (QED) is 0.183. The van der Waals surface area contributed by atoms with Gasteiger partial charge in [-0.1, -0.05) is 58.9 Å². The van der Waals surface area contributed by atoms with Crippen LogP contribution >= 0.6 is 0 Å². The standard InChI is InChI=1S/C36H38FN3O4/c1-7-22(5)35(43)39-34-36(44)40(31(19-38-34)29-10-9-11-30(23(29)6)32(41)8-2)20-24-16-26(21(3)4)18-27(17-24)33(42)25-12-14-28(37)15-13-25/h9-19,21-22H,7-8,20H2,1-6H3,(H,38,39,43)/t22-/m1/s1.